The average molecular weight is 426 g/mol. The molecule has 1 unspecified atom stereocenters. The molecule has 1 aromatic rings. The van der Waals surface area contributed by atoms with Gasteiger partial charge in [0, 0.05) is 11.9 Å². The summed E-state index contributed by atoms with van der Waals surface area (Å²) in [5, 5.41) is 14.1. The molecule has 170 valence electrons. The molecule has 3 N–H and O–H groups in total. The fourth-order valence-electron chi connectivity index (χ4n) is 3.72. The average Bonchev–Trinajstić information content (AvgIpc) is 3.11. The summed E-state index contributed by atoms with van der Waals surface area (Å²) in [7, 11) is 0. The number of anilines is 1. The topological polar surface area (TPSA) is 64.1 Å². The van der Waals surface area contributed by atoms with Crippen LogP contribution in [0.1, 0.15) is 110 Å². The van der Waals surface area contributed by atoms with E-state index in [-0.39, 0.29) is 6.10 Å². The number of nitrogen functional groups attached to an aromatic ring is 1. The van der Waals surface area contributed by atoms with Crippen molar-refractivity contribution in [3.8, 4) is 0 Å². The van der Waals surface area contributed by atoms with Gasteiger partial charge in [-0.2, -0.15) is 16.9 Å². The van der Waals surface area contributed by atoms with Crippen molar-refractivity contribution in [3.63, 3.8) is 0 Å². The number of aliphatic hydroxyl groups excluding tert-OH is 1. The molecule has 1 atom stereocenters. The van der Waals surface area contributed by atoms with E-state index in [4.69, 9.17) is 5.73 Å². The van der Waals surface area contributed by atoms with Crippen molar-refractivity contribution in [1.29, 1.82) is 0 Å². The number of nitrogens with two attached hydrogens (primary N) is 1. The Bertz CT molecular complexity index is 467. The van der Waals surface area contributed by atoms with Crippen LogP contribution in [0.4, 0.5) is 5.82 Å². The Balaban J connectivity index is 1.73. The standard InChI is InChI=1S/C24H47N3OS/c1-2-3-4-5-6-7-8-9-10-11-12-13-14-15-16-17-20-29-22-23(28)21-27-19-18-24(25)26-27/h18-19,23,28H,2-17,20-22H2,1H3,(H2,25,26). The lowest BCUT2D eigenvalue weighted by atomic mass is 10.0. The quantitative estimate of drug-likeness (QED) is 0.212. The predicted molar refractivity (Wildman–Crippen MR) is 130 cm³/mol. The van der Waals surface area contributed by atoms with Crippen molar-refractivity contribution >= 4 is 17.6 Å². The number of aliphatic hydroxyl groups is 1. The van der Waals surface area contributed by atoms with E-state index in [2.05, 4.69) is 12.0 Å². The number of hydrogen-bond donors (Lipinski definition) is 2. The van der Waals surface area contributed by atoms with E-state index in [1.165, 1.54) is 103 Å². The summed E-state index contributed by atoms with van der Waals surface area (Å²) in [4.78, 5) is 0. The van der Waals surface area contributed by atoms with E-state index in [0.717, 1.165) is 11.5 Å². The first-order valence-corrected chi connectivity index (χ1v) is 13.4. The van der Waals surface area contributed by atoms with E-state index in [9.17, 15) is 5.11 Å². The molecular formula is C24H47N3OS. The number of unbranched alkanes of at least 4 members (excludes halogenated alkanes) is 15. The summed E-state index contributed by atoms with van der Waals surface area (Å²) >= 11 is 1.85. The number of nitrogens with zero attached hydrogens (tertiary/aromatic N) is 2. The number of aromatic nitrogens is 2. The maximum atomic E-state index is 10.0. The minimum absolute atomic E-state index is 0.347. The molecule has 0 aliphatic rings. The molecule has 0 saturated carbocycles. The van der Waals surface area contributed by atoms with Gasteiger partial charge in [-0.15, -0.1) is 0 Å². The third kappa shape index (κ3) is 16.8. The Morgan fingerprint density at radius 1 is 0.862 bits per heavy atom. The molecule has 0 amide bonds. The molecule has 0 bridgehead atoms. The van der Waals surface area contributed by atoms with Crippen LogP contribution in [0.2, 0.25) is 0 Å². The maximum absolute atomic E-state index is 10.0. The summed E-state index contributed by atoms with van der Waals surface area (Å²) < 4.78 is 1.72. The van der Waals surface area contributed by atoms with Crippen molar-refractivity contribution in [2.45, 2.75) is 122 Å². The zero-order valence-corrected chi connectivity index (χ0v) is 19.8. The van der Waals surface area contributed by atoms with Crippen LogP contribution < -0.4 is 5.73 Å². The summed E-state index contributed by atoms with van der Waals surface area (Å²) in [5.74, 6) is 2.44. The Morgan fingerprint density at radius 3 is 1.79 bits per heavy atom. The minimum Gasteiger partial charge on any atom is -0.390 e. The Hall–Kier alpha value is -0.680. The number of rotatable bonds is 21. The third-order valence-electron chi connectivity index (χ3n) is 5.51. The molecule has 0 aliphatic heterocycles. The third-order valence-corrected chi connectivity index (χ3v) is 6.71. The first-order chi connectivity index (χ1) is 14.2. The van der Waals surface area contributed by atoms with Crippen LogP contribution in [0.15, 0.2) is 12.3 Å². The highest BCUT2D eigenvalue weighted by Crippen LogP contribution is 2.15. The monoisotopic (exact) mass is 425 g/mol. The largest absolute Gasteiger partial charge is 0.390 e. The summed E-state index contributed by atoms with van der Waals surface area (Å²) in [5.41, 5.74) is 5.58. The van der Waals surface area contributed by atoms with Gasteiger partial charge in [-0.25, -0.2) is 0 Å². The maximum Gasteiger partial charge on any atom is 0.145 e. The SMILES string of the molecule is CCCCCCCCCCCCCCCCCCSCC(O)Cn1ccc(N)n1. The smallest absolute Gasteiger partial charge is 0.145 e. The van der Waals surface area contributed by atoms with Gasteiger partial charge >= 0.3 is 0 Å². The van der Waals surface area contributed by atoms with Gasteiger partial charge in [0.15, 0.2) is 0 Å². The van der Waals surface area contributed by atoms with Crippen molar-refractivity contribution in [2.24, 2.45) is 0 Å². The van der Waals surface area contributed by atoms with Gasteiger partial charge in [-0.05, 0) is 18.2 Å². The second-order valence-electron chi connectivity index (χ2n) is 8.49. The van der Waals surface area contributed by atoms with Crippen LogP contribution in [-0.4, -0.2) is 32.5 Å². The second kappa shape index (κ2) is 19.3. The summed E-state index contributed by atoms with van der Waals surface area (Å²) in [6, 6.07) is 1.76. The van der Waals surface area contributed by atoms with Crippen LogP contribution in [0.5, 0.6) is 0 Å². The van der Waals surface area contributed by atoms with Crippen molar-refractivity contribution < 1.29 is 5.11 Å². The van der Waals surface area contributed by atoms with Crippen LogP contribution >= 0.6 is 11.8 Å². The zero-order chi connectivity index (χ0) is 21.0. The van der Waals surface area contributed by atoms with Gasteiger partial charge in [-0.1, -0.05) is 103 Å². The lowest BCUT2D eigenvalue weighted by molar-refractivity contribution is 0.173. The van der Waals surface area contributed by atoms with Gasteiger partial charge in [-0.3, -0.25) is 4.68 Å². The molecule has 29 heavy (non-hydrogen) atoms. The minimum atomic E-state index is -0.347. The van der Waals surface area contributed by atoms with E-state index in [0.29, 0.717) is 12.4 Å². The summed E-state index contributed by atoms with van der Waals surface area (Å²) in [6.45, 7) is 2.82. The molecule has 0 fully saturated rings. The fourth-order valence-corrected chi connectivity index (χ4v) is 4.67. The van der Waals surface area contributed by atoms with E-state index in [1.54, 1.807) is 10.7 Å². The Morgan fingerprint density at radius 2 is 1.34 bits per heavy atom. The molecular weight excluding hydrogens is 378 g/mol. The first kappa shape index (κ1) is 26.4. The molecule has 4 nitrogen and oxygen atoms in total. The van der Waals surface area contributed by atoms with Crippen LogP contribution in [0.25, 0.3) is 0 Å². The lowest BCUT2D eigenvalue weighted by Crippen LogP contribution is -2.19. The van der Waals surface area contributed by atoms with Crippen LogP contribution in [0.3, 0.4) is 0 Å². The molecule has 0 radical (unpaired) electrons. The van der Waals surface area contributed by atoms with Crippen LogP contribution in [-0.2, 0) is 6.54 Å². The normalized spacial score (nSPS) is 12.5. The molecule has 0 aromatic carbocycles. The van der Waals surface area contributed by atoms with Crippen molar-refractivity contribution in [2.75, 3.05) is 17.2 Å². The Labute approximate surface area is 184 Å². The molecule has 1 heterocycles. The lowest BCUT2D eigenvalue weighted by Gasteiger charge is -2.10. The first-order valence-electron chi connectivity index (χ1n) is 12.3. The fraction of sp³-hybridized carbons (Fsp3) is 0.875. The van der Waals surface area contributed by atoms with E-state index in [1.807, 2.05) is 18.0 Å². The van der Waals surface area contributed by atoms with Gasteiger partial charge in [0.2, 0.25) is 0 Å². The molecule has 0 saturated heterocycles. The summed E-state index contributed by atoms with van der Waals surface area (Å²) in [6.07, 6.45) is 24.0. The Kier molecular flexibility index (Phi) is 17.5. The predicted octanol–water partition coefficient (Wildman–Crippen LogP) is 6.82. The van der Waals surface area contributed by atoms with Crippen LogP contribution in [0, 0.1) is 0 Å². The zero-order valence-electron chi connectivity index (χ0n) is 19.0. The molecule has 0 aliphatic carbocycles. The number of thioether (sulfide) groups is 1. The highest BCUT2D eigenvalue weighted by molar-refractivity contribution is 7.99. The number of hydrogen-bond acceptors (Lipinski definition) is 4. The molecule has 5 heteroatoms. The van der Waals surface area contributed by atoms with Crippen molar-refractivity contribution in [1.82, 2.24) is 9.78 Å². The molecule has 1 aromatic heterocycles. The van der Waals surface area contributed by atoms with Crippen molar-refractivity contribution in [3.05, 3.63) is 12.3 Å². The molecule has 1 rings (SSSR count). The van der Waals surface area contributed by atoms with E-state index < -0.39 is 0 Å². The molecule has 0 spiro atoms. The second-order valence-corrected chi connectivity index (χ2v) is 9.64. The highest BCUT2D eigenvalue weighted by atomic mass is 32.2. The highest BCUT2D eigenvalue weighted by Gasteiger charge is 2.06. The van der Waals surface area contributed by atoms with E-state index >= 15 is 0 Å². The van der Waals surface area contributed by atoms with Gasteiger partial charge < -0.3 is 10.8 Å². The van der Waals surface area contributed by atoms with Gasteiger partial charge in [0.05, 0.1) is 12.6 Å². The van der Waals surface area contributed by atoms with Gasteiger partial charge in [0.25, 0.3) is 0 Å². The van der Waals surface area contributed by atoms with Gasteiger partial charge in [0.1, 0.15) is 5.82 Å².